The minimum Gasteiger partial charge on any atom is -0.285 e. The summed E-state index contributed by atoms with van der Waals surface area (Å²) in [5.41, 5.74) is -2.58. The Kier molecular flexibility index (Phi) is 4.68. The van der Waals surface area contributed by atoms with Crippen LogP contribution in [0.4, 0.5) is 4.79 Å². The Balaban J connectivity index is 2.40. The molecule has 2 saturated heterocycles. The number of amides is 3. The van der Waals surface area contributed by atoms with Gasteiger partial charge in [-0.3, -0.25) is 14.2 Å². The van der Waals surface area contributed by atoms with Gasteiger partial charge in [0, 0.05) is 42.2 Å². The molecular weight excluding hydrogens is 381 g/mol. The van der Waals surface area contributed by atoms with E-state index in [1.807, 2.05) is 27.7 Å². The normalized spacial score (nSPS) is 26.5. The van der Waals surface area contributed by atoms with Crippen LogP contribution in [0, 0.1) is 0 Å². The quantitative estimate of drug-likeness (QED) is 0.440. The van der Waals surface area contributed by atoms with E-state index in [0.717, 1.165) is 9.32 Å². The number of imide groups is 1. The van der Waals surface area contributed by atoms with E-state index >= 15 is 0 Å². The Morgan fingerprint density at radius 2 is 1.54 bits per heavy atom. The summed E-state index contributed by atoms with van der Waals surface area (Å²) in [6, 6.07) is -0.792. The lowest BCUT2D eigenvalue weighted by molar-refractivity contribution is -0.139. The smallest absolute Gasteiger partial charge is 0.285 e. The van der Waals surface area contributed by atoms with Crippen molar-refractivity contribution in [3.05, 3.63) is 0 Å². The second-order valence-corrected chi connectivity index (χ2v) is 9.85. The molecule has 1 N–H and O–H groups in total. The zero-order valence-corrected chi connectivity index (χ0v) is 16.2. The zero-order valence-electron chi connectivity index (χ0n) is 13.9. The fourth-order valence-electron chi connectivity index (χ4n) is 3.86. The van der Waals surface area contributed by atoms with Crippen molar-refractivity contribution in [3.63, 3.8) is 0 Å². The summed E-state index contributed by atoms with van der Waals surface area (Å²) in [4.78, 5) is 26.1. The molecule has 0 radical (unpaired) electrons. The molecule has 0 aliphatic carbocycles. The maximum Gasteiger partial charge on any atom is 0.342 e. The first-order valence-electron chi connectivity index (χ1n) is 7.37. The molecule has 0 aromatic rings. The summed E-state index contributed by atoms with van der Waals surface area (Å²) in [7, 11) is -4.31. The lowest BCUT2D eigenvalue weighted by Crippen LogP contribution is -2.66. The van der Waals surface area contributed by atoms with E-state index in [9.17, 15) is 18.0 Å². The molecule has 24 heavy (non-hydrogen) atoms. The highest BCUT2D eigenvalue weighted by molar-refractivity contribution is 7.85. The van der Waals surface area contributed by atoms with Crippen LogP contribution in [-0.4, -0.2) is 67.6 Å². The van der Waals surface area contributed by atoms with Gasteiger partial charge in [-0.2, -0.15) is 8.42 Å². The number of nitrogens with zero attached hydrogens (tertiary/aromatic N) is 3. The molecule has 3 amide bonds. The first-order chi connectivity index (χ1) is 10.6. The molecule has 1 spiro atoms. The van der Waals surface area contributed by atoms with E-state index in [4.69, 9.17) is 28.1 Å². The summed E-state index contributed by atoms with van der Waals surface area (Å²) in [5, 5.41) is 0. The minimum atomic E-state index is -4.31. The van der Waals surface area contributed by atoms with Crippen molar-refractivity contribution in [1.29, 1.82) is 0 Å². The number of hydrogen-bond donors (Lipinski definition) is 1. The predicted octanol–water partition coefficient (Wildman–Crippen LogP) is 1.84. The fraction of sp³-hybridized carbons (Fsp3) is 0.846. The Morgan fingerprint density at radius 1 is 1.08 bits per heavy atom. The van der Waals surface area contributed by atoms with Gasteiger partial charge in [-0.15, -0.1) is 0 Å². The molecule has 8 nitrogen and oxygen atoms in total. The van der Waals surface area contributed by atoms with Crippen molar-refractivity contribution in [3.8, 4) is 0 Å². The third-order valence-corrected chi connectivity index (χ3v) is 6.59. The molecule has 0 aromatic heterocycles. The molecule has 0 atom stereocenters. The van der Waals surface area contributed by atoms with Crippen LogP contribution in [0.1, 0.15) is 40.5 Å². The lowest BCUT2D eigenvalue weighted by Gasteiger charge is -2.55. The number of carbonyl (C=O) groups excluding carboxylic acids is 2. The predicted molar refractivity (Wildman–Crippen MR) is 89.0 cm³/mol. The van der Waals surface area contributed by atoms with Gasteiger partial charge in [-0.25, -0.2) is 13.6 Å². The summed E-state index contributed by atoms with van der Waals surface area (Å²) in [5.74, 6) is -1.31. The summed E-state index contributed by atoms with van der Waals surface area (Å²) < 4.78 is 33.2. The molecular formula is C13H21Cl2N3O5S. The highest BCUT2D eigenvalue weighted by atomic mass is 35.5. The first kappa shape index (κ1) is 19.7. The maximum absolute atomic E-state index is 12.9. The van der Waals surface area contributed by atoms with Gasteiger partial charge in [0.05, 0.1) is 5.75 Å². The van der Waals surface area contributed by atoms with E-state index in [2.05, 4.69) is 0 Å². The molecule has 138 valence electrons. The van der Waals surface area contributed by atoms with Crippen molar-refractivity contribution in [2.24, 2.45) is 0 Å². The Labute approximate surface area is 151 Å². The fourth-order valence-corrected chi connectivity index (χ4v) is 4.67. The molecule has 0 bridgehead atoms. The average Bonchev–Trinajstić information content (AvgIpc) is 2.55. The van der Waals surface area contributed by atoms with Crippen molar-refractivity contribution < 1.29 is 22.6 Å². The van der Waals surface area contributed by atoms with Gasteiger partial charge < -0.3 is 0 Å². The lowest BCUT2D eigenvalue weighted by atomic mass is 9.70. The molecule has 0 unspecified atom stereocenters. The van der Waals surface area contributed by atoms with Gasteiger partial charge in [0.1, 0.15) is 5.54 Å². The molecule has 0 aromatic carbocycles. The largest absolute Gasteiger partial charge is 0.342 e. The number of hydrogen-bond acceptors (Lipinski definition) is 5. The van der Waals surface area contributed by atoms with Crippen LogP contribution >= 0.6 is 23.6 Å². The van der Waals surface area contributed by atoms with Crippen molar-refractivity contribution in [2.45, 2.75) is 57.2 Å². The van der Waals surface area contributed by atoms with E-state index < -0.39 is 51.0 Å². The molecule has 0 saturated carbocycles. The van der Waals surface area contributed by atoms with Crippen LogP contribution in [0.25, 0.3) is 0 Å². The zero-order chi connectivity index (χ0) is 18.7. The highest BCUT2D eigenvalue weighted by Gasteiger charge is 2.65. The van der Waals surface area contributed by atoms with Crippen molar-refractivity contribution in [2.75, 3.05) is 12.3 Å². The summed E-state index contributed by atoms with van der Waals surface area (Å²) in [6.07, 6.45) is 0.396. The van der Waals surface area contributed by atoms with Crippen molar-refractivity contribution >= 4 is 45.6 Å². The molecule has 2 rings (SSSR count). The highest BCUT2D eigenvalue weighted by Crippen LogP contribution is 2.50. The molecule has 2 aliphatic heterocycles. The third kappa shape index (κ3) is 3.12. The second-order valence-electron chi connectivity index (χ2n) is 7.60. The van der Waals surface area contributed by atoms with Crippen LogP contribution in [0.5, 0.6) is 0 Å². The van der Waals surface area contributed by atoms with Gasteiger partial charge in [-0.1, -0.05) is 0 Å². The van der Waals surface area contributed by atoms with E-state index in [-0.39, 0.29) is 12.8 Å². The number of piperidine rings is 1. The number of urea groups is 1. The monoisotopic (exact) mass is 401 g/mol. The van der Waals surface area contributed by atoms with Crippen LogP contribution in [0.2, 0.25) is 0 Å². The van der Waals surface area contributed by atoms with Crippen LogP contribution < -0.4 is 0 Å². The van der Waals surface area contributed by atoms with Crippen LogP contribution in [0.15, 0.2) is 0 Å². The second kappa shape index (κ2) is 5.70. The standard InChI is InChI=1S/C13H21Cl2N3O5S/c1-11(2)7-13(8-12(3,4)18(11)15)9(19)16(10(20)17(13)14)5-6-24(21,22)23/h5-8H2,1-4H3,(H,21,22,23). The van der Waals surface area contributed by atoms with Gasteiger partial charge in [-0.05, 0) is 39.5 Å². The van der Waals surface area contributed by atoms with Crippen LogP contribution in [0.3, 0.4) is 0 Å². The van der Waals surface area contributed by atoms with Crippen LogP contribution in [-0.2, 0) is 14.9 Å². The van der Waals surface area contributed by atoms with Gasteiger partial charge in [0.2, 0.25) is 0 Å². The average molecular weight is 402 g/mol. The SMILES string of the molecule is CC1(C)CC2(CC(C)(C)N1Cl)C(=O)N(CCS(=O)(=O)O)C(=O)N2Cl. The minimum absolute atomic E-state index is 0.198. The topological polar surface area (TPSA) is 98.2 Å². The van der Waals surface area contributed by atoms with Gasteiger partial charge in [0.15, 0.2) is 0 Å². The Hall–Kier alpha value is -0.610. The van der Waals surface area contributed by atoms with Gasteiger partial charge in [0.25, 0.3) is 16.0 Å². The molecule has 11 heteroatoms. The maximum atomic E-state index is 12.9. The molecule has 2 fully saturated rings. The Bertz CT molecular complexity index is 661. The summed E-state index contributed by atoms with van der Waals surface area (Å²) in [6.45, 7) is 6.91. The number of halogens is 2. The number of rotatable bonds is 3. The van der Waals surface area contributed by atoms with Gasteiger partial charge >= 0.3 is 6.03 Å². The van der Waals surface area contributed by atoms with E-state index in [1.54, 1.807) is 4.42 Å². The first-order valence-corrected chi connectivity index (χ1v) is 9.66. The molecule has 2 aliphatic rings. The van der Waals surface area contributed by atoms with E-state index in [1.165, 1.54) is 0 Å². The Morgan fingerprint density at radius 3 is 1.96 bits per heavy atom. The number of carbonyl (C=O) groups is 2. The summed E-state index contributed by atoms with van der Waals surface area (Å²) >= 11 is 12.6. The third-order valence-electron chi connectivity index (χ3n) is 4.50. The van der Waals surface area contributed by atoms with E-state index in [0.29, 0.717) is 0 Å². The van der Waals surface area contributed by atoms with Crippen molar-refractivity contribution in [1.82, 2.24) is 13.7 Å². The molecule has 2 heterocycles.